The number of aryl methyl sites for hydroxylation is 1. The Morgan fingerprint density at radius 1 is 1.16 bits per heavy atom. The summed E-state index contributed by atoms with van der Waals surface area (Å²) >= 11 is 0. The van der Waals surface area contributed by atoms with Gasteiger partial charge in [-0.1, -0.05) is 6.07 Å². The molecule has 3 aromatic rings. The third-order valence-electron chi connectivity index (χ3n) is 4.54. The number of H-pyrrole nitrogens is 1. The molecule has 0 radical (unpaired) electrons. The van der Waals surface area contributed by atoms with E-state index in [4.69, 9.17) is 4.42 Å². The van der Waals surface area contributed by atoms with E-state index in [0.29, 0.717) is 11.4 Å². The van der Waals surface area contributed by atoms with E-state index in [0.717, 1.165) is 47.7 Å². The number of carbonyl (C=O) groups excluding carboxylic acids is 1. The van der Waals surface area contributed by atoms with Crippen LogP contribution in [0.2, 0.25) is 0 Å². The Morgan fingerprint density at radius 3 is 2.80 bits per heavy atom. The van der Waals surface area contributed by atoms with Gasteiger partial charge in [0.25, 0.3) is 5.56 Å². The number of anilines is 1. The lowest BCUT2D eigenvalue weighted by Crippen LogP contribution is -2.19. The lowest BCUT2D eigenvalue weighted by atomic mass is 9.90. The topological polar surface area (TPSA) is 75.1 Å². The van der Waals surface area contributed by atoms with E-state index in [1.54, 1.807) is 24.5 Å². The number of benzene rings is 1. The molecule has 1 aliphatic carbocycles. The molecule has 1 amide bonds. The average Bonchev–Trinajstić information content (AvgIpc) is 3.14. The maximum atomic E-state index is 12.3. The van der Waals surface area contributed by atoms with E-state index in [1.807, 2.05) is 18.2 Å². The summed E-state index contributed by atoms with van der Waals surface area (Å²) in [5.74, 6) is 0.362. The van der Waals surface area contributed by atoms with Crippen LogP contribution in [0.5, 0.6) is 0 Å². The van der Waals surface area contributed by atoms with Gasteiger partial charge in [0.15, 0.2) is 0 Å². The van der Waals surface area contributed by atoms with Gasteiger partial charge >= 0.3 is 0 Å². The molecule has 5 nitrogen and oxygen atoms in total. The Balaban J connectivity index is 1.61. The largest absolute Gasteiger partial charge is 0.465 e. The molecule has 5 heteroatoms. The third kappa shape index (κ3) is 3.13. The summed E-state index contributed by atoms with van der Waals surface area (Å²) < 4.78 is 5.15. The molecule has 0 saturated heterocycles. The number of carbonyl (C=O) groups is 1. The summed E-state index contributed by atoms with van der Waals surface area (Å²) in [6.45, 7) is 0. The minimum Gasteiger partial charge on any atom is -0.465 e. The van der Waals surface area contributed by atoms with Crippen LogP contribution in [-0.2, 0) is 17.6 Å². The zero-order valence-corrected chi connectivity index (χ0v) is 13.7. The van der Waals surface area contributed by atoms with E-state index in [1.165, 1.54) is 6.08 Å². The summed E-state index contributed by atoms with van der Waals surface area (Å²) in [5.41, 5.74) is 3.47. The maximum Gasteiger partial charge on any atom is 0.251 e. The first-order valence-corrected chi connectivity index (χ1v) is 8.41. The number of fused-ring (bicyclic) bond motifs is 3. The molecule has 126 valence electrons. The first-order valence-electron chi connectivity index (χ1n) is 8.41. The van der Waals surface area contributed by atoms with Crippen molar-refractivity contribution in [1.82, 2.24) is 4.98 Å². The maximum absolute atomic E-state index is 12.3. The predicted octanol–water partition coefficient (Wildman–Crippen LogP) is 3.65. The van der Waals surface area contributed by atoms with Crippen LogP contribution in [0, 0.1) is 0 Å². The van der Waals surface area contributed by atoms with Gasteiger partial charge in [-0.3, -0.25) is 9.59 Å². The van der Waals surface area contributed by atoms with Crippen LogP contribution >= 0.6 is 0 Å². The molecule has 1 aromatic carbocycles. The summed E-state index contributed by atoms with van der Waals surface area (Å²) in [5, 5.41) is 3.87. The molecule has 0 fully saturated rings. The van der Waals surface area contributed by atoms with Crippen LogP contribution in [0.25, 0.3) is 17.0 Å². The fourth-order valence-corrected chi connectivity index (χ4v) is 3.37. The van der Waals surface area contributed by atoms with Crippen molar-refractivity contribution >= 4 is 28.6 Å². The summed E-state index contributed by atoms with van der Waals surface area (Å²) in [7, 11) is 0. The van der Waals surface area contributed by atoms with Crippen molar-refractivity contribution in [3.05, 3.63) is 69.9 Å². The van der Waals surface area contributed by atoms with Gasteiger partial charge in [0.2, 0.25) is 5.91 Å². The van der Waals surface area contributed by atoms with Crippen molar-refractivity contribution in [3.8, 4) is 0 Å². The Bertz CT molecular complexity index is 1010. The van der Waals surface area contributed by atoms with Crippen LogP contribution < -0.4 is 10.9 Å². The highest BCUT2D eigenvalue weighted by atomic mass is 16.3. The number of pyridine rings is 1. The van der Waals surface area contributed by atoms with Crippen molar-refractivity contribution < 1.29 is 9.21 Å². The molecule has 0 atom stereocenters. The third-order valence-corrected chi connectivity index (χ3v) is 4.54. The summed E-state index contributed by atoms with van der Waals surface area (Å²) in [4.78, 5) is 27.3. The number of aromatic amines is 1. The van der Waals surface area contributed by atoms with Gasteiger partial charge in [0, 0.05) is 22.7 Å². The molecular formula is C20H18N2O3. The monoisotopic (exact) mass is 334 g/mol. The number of amides is 1. The molecule has 2 heterocycles. The first-order chi connectivity index (χ1) is 12.2. The molecule has 0 saturated carbocycles. The number of hydrogen-bond donors (Lipinski definition) is 2. The highest BCUT2D eigenvalue weighted by Crippen LogP contribution is 2.27. The zero-order valence-electron chi connectivity index (χ0n) is 13.7. The molecule has 2 aromatic heterocycles. The highest BCUT2D eigenvalue weighted by Gasteiger charge is 2.16. The van der Waals surface area contributed by atoms with Crippen molar-refractivity contribution in [2.45, 2.75) is 25.7 Å². The van der Waals surface area contributed by atoms with E-state index in [-0.39, 0.29) is 11.5 Å². The second-order valence-corrected chi connectivity index (χ2v) is 6.22. The van der Waals surface area contributed by atoms with E-state index in [2.05, 4.69) is 10.3 Å². The van der Waals surface area contributed by atoms with Gasteiger partial charge in [0.05, 0.1) is 11.8 Å². The molecule has 0 aliphatic heterocycles. The fourth-order valence-electron chi connectivity index (χ4n) is 3.37. The normalized spacial score (nSPS) is 13.9. The molecular weight excluding hydrogens is 316 g/mol. The van der Waals surface area contributed by atoms with Gasteiger partial charge < -0.3 is 14.7 Å². The minimum atomic E-state index is -0.254. The first kappa shape index (κ1) is 15.4. The minimum absolute atomic E-state index is 0.0107. The van der Waals surface area contributed by atoms with Crippen molar-refractivity contribution in [2.75, 3.05) is 5.32 Å². The number of aromatic nitrogens is 1. The van der Waals surface area contributed by atoms with Crippen LogP contribution in [-0.4, -0.2) is 10.9 Å². The second-order valence-electron chi connectivity index (χ2n) is 6.22. The quantitative estimate of drug-likeness (QED) is 0.718. The van der Waals surface area contributed by atoms with Gasteiger partial charge in [0.1, 0.15) is 5.76 Å². The molecule has 0 bridgehead atoms. The van der Waals surface area contributed by atoms with Crippen LogP contribution in [0.1, 0.15) is 29.7 Å². The Morgan fingerprint density at radius 2 is 2.00 bits per heavy atom. The molecule has 4 rings (SSSR count). The molecule has 1 aliphatic rings. The van der Waals surface area contributed by atoms with Gasteiger partial charge in [-0.15, -0.1) is 0 Å². The SMILES string of the molecule is O=C(/C=C/c1ccco1)Nc1ccc2c3c(c(=O)[nH]c2c1)CCCC3. The Hall–Kier alpha value is -3.08. The van der Waals surface area contributed by atoms with Crippen molar-refractivity contribution in [2.24, 2.45) is 0 Å². The fraction of sp³-hybridized carbons (Fsp3) is 0.200. The van der Waals surface area contributed by atoms with E-state index >= 15 is 0 Å². The zero-order chi connectivity index (χ0) is 17.2. The second kappa shape index (κ2) is 6.43. The van der Waals surface area contributed by atoms with Gasteiger partial charge in [-0.25, -0.2) is 0 Å². The number of furan rings is 1. The lowest BCUT2D eigenvalue weighted by Gasteiger charge is -2.17. The Kier molecular flexibility index (Phi) is 3.98. The van der Waals surface area contributed by atoms with Crippen LogP contribution in [0.15, 0.2) is 51.9 Å². The average molecular weight is 334 g/mol. The van der Waals surface area contributed by atoms with Crippen LogP contribution in [0.3, 0.4) is 0 Å². The number of hydrogen-bond acceptors (Lipinski definition) is 3. The van der Waals surface area contributed by atoms with Crippen molar-refractivity contribution in [3.63, 3.8) is 0 Å². The molecule has 0 spiro atoms. The molecule has 2 N–H and O–H groups in total. The summed E-state index contributed by atoms with van der Waals surface area (Å²) in [6, 6.07) is 9.19. The summed E-state index contributed by atoms with van der Waals surface area (Å²) in [6.07, 6.45) is 8.54. The standard InChI is InChI=1S/C20H18N2O3/c23-19(10-8-14-4-3-11-25-14)21-13-7-9-16-15-5-1-2-6-17(15)20(24)22-18(16)12-13/h3-4,7-12H,1-2,5-6H2,(H,21,23)(H,22,24)/b10-8+. The number of nitrogens with one attached hydrogen (secondary N) is 2. The smallest absolute Gasteiger partial charge is 0.251 e. The number of rotatable bonds is 3. The highest BCUT2D eigenvalue weighted by molar-refractivity contribution is 6.02. The lowest BCUT2D eigenvalue weighted by molar-refractivity contribution is -0.111. The van der Waals surface area contributed by atoms with Gasteiger partial charge in [-0.05, 0) is 61.6 Å². The molecule has 25 heavy (non-hydrogen) atoms. The van der Waals surface area contributed by atoms with Crippen LogP contribution in [0.4, 0.5) is 5.69 Å². The van der Waals surface area contributed by atoms with Gasteiger partial charge in [-0.2, -0.15) is 0 Å². The van der Waals surface area contributed by atoms with E-state index < -0.39 is 0 Å². The molecule has 0 unspecified atom stereocenters. The predicted molar refractivity (Wildman–Crippen MR) is 97.6 cm³/mol. The van der Waals surface area contributed by atoms with E-state index in [9.17, 15) is 9.59 Å². The van der Waals surface area contributed by atoms with Crippen molar-refractivity contribution in [1.29, 1.82) is 0 Å². The Labute approximate surface area is 144 Å².